The number of hydrogen-bond acceptors (Lipinski definition) is 4. The summed E-state index contributed by atoms with van der Waals surface area (Å²) in [6, 6.07) is 3.59. The van der Waals surface area contributed by atoms with Crippen LogP contribution in [-0.2, 0) is 6.42 Å². The number of nitrogens with zero attached hydrogens (tertiary/aromatic N) is 1. The fourth-order valence-electron chi connectivity index (χ4n) is 2.45. The van der Waals surface area contributed by atoms with Crippen LogP contribution in [0.25, 0.3) is 0 Å². The Morgan fingerprint density at radius 2 is 2.11 bits per heavy atom. The molecule has 19 heavy (non-hydrogen) atoms. The van der Waals surface area contributed by atoms with Crippen LogP contribution in [0.2, 0.25) is 0 Å². The van der Waals surface area contributed by atoms with Gasteiger partial charge in [0.05, 0.1) is 14.2 Å². The molecule has 0 unspecified atom stereocenters. The van der Waals surface area contributed by atoms with Gasteiger partial charge in [0.1, 0.15) is 0 Å². The normalized spacial score (nSPS) is 14.3. The Balaban J connectivity index is 2.32. The molecule has 1 amide bonds. The smallest absolute Gasteiger partial charge is 0.254 e. The van der Waals surface area contributed by atoms with E-state index in [0.717, 1.165) is 18.4 Å². The van der Waals surface area contributed by atoms with Crippen LogP contribution >= 0.6 is 0 Å². The van der Waals surface area contributed by atoms with Crippen LogP contribution in [0.15, 0.2) is 12.1 Å². The van der Waals surface area contributed by atoms with Crippen LogP contribution in [0.5, 0.6) is 11.5 Å². The maximum Gasteiger partial charge on any atom is 0.254 e. The van der Waals surface area contributed by atoms with E-state index in [9.17, 15) is 4.79 Å². The van der Waals surface area contributed by atoms with Crippen molar-refractivity contribution in [3.05, 3.63) is 23.3 Å². The van der Waals surface area contributed by atoms with Gasteiger partial charge in [0.2, 0.25) is 0 Å². The number of methoxy groups -OCH3 is 2. The number of benzene rings is 1. The van der Waals surface area contributed by atoms with Crippen molar-refractivity contribution in [2.75, 3.05) is 33.9 Å². The Morgan fingerprint density at radius 3 is 2.74 bits per heavy atom. The lowest BCUT2D eigenvalue weighted by molar-refractivity contribution is 0.0737. The standard InChI is InChI=1S/C14H20N2O3/c1-18-12-5-4-11-10(13(12)19-2)6-9-16(14(11)17)8-3-7-15/h4-5H,3,6-9,15H2,1-2H3. The summed E-state index contributed by atoms with van der Waals surface area (Å²) in [7, 11) is 3.20. The second-order valence-electron chi connectivity index (χ2n) is 4.51. The van der Waals surface area contributed by atoms with Crippen molar-refractivity contribution in [3.8, 4) is 11.5 Å². The molecule has 5 heteroatoms. The largest absolute Gasteiger partial charge is 0.493 e. The van der Waals surface area contributed by atoms with Gasteiger partial charge in [-0.15, -0.1) is 0 Å². The molecule has 1 aromatic rings. The molecule has 2 N–H and O–H groups in total. The molecule has 1 aliphatic heterocycles. The quantitative estimate of drug-likeness (QED) is 0.863. The van der Waals surface area contributed by atoms with Gasteiger partial charge in [0.15, 0.2) is 11.5 Å². The number of rotatable bonds is 5. The fraction of sp³-hybridized carbons (Fsp3) is 0.500. The lowest BCUT2D eigenvalue weighted by Crippen LogP contribution is -2.39. The summed E-state index contributed by atoms with van der Waals surface area (Å²) in [5.41, 5.74) is 7.14. The Bertz CT molecular complexity index is 474. The molecule has 0 bridgehead atoms. The third-order valence-electron chi connectivity index (χ3n) is 3.43. The zero-order valence-corrected chi connectivity index (χ0v) is 11.4. The first-order chi connectivity index (χ1) is 9.22. The summed E-state index contributed by atoms with van der Waals surface area (Å²) in [6.45, 7) is 2.01. The number of fused-ring (bicyclic) bond motifs is 1. The van der Waals surface area contributed by atoms with E-state index in [1.54, 1.807) is 20.3 Å². The van der Waals surface area contributed by atoms with E-state index in [0.29, 0.717) is 36.7 Å². The minimum Gasteiger partial charge on any atom is -0.493 e. The predicted octanol–water partition coefficient (Wildman–Crippen LogP) is 1.05. The molecular formula is C14H20N2O3. The molecule has 104 valence electrons. The first-order valence-corrected chi connectivity index (χ1v) is 6.46. The van der Waals surface area contributed by atoms with Gasteiger partial charge in [-0.3, -0.25) is 4.79 Å². The fourth-order valence-corrected chi connectivity index (χ4v) is 2.45. The number of hydrogen-bond donors (Lipinski definition) is 1. The number of nitrogens with two attached hydrogens (primary N) is 1. The average Bonchev–Trinajstić information content (AvgIpc) is 2.45. The molecule has 0 spiro atoms. The molecule has 1 aliphatic rings. The van der Waals surface area contributed by atoms with Gasteiger partial charge in [0.25, 0.3) is 5.91 Å². The SMILES string of the molecule is COc1ccc2c(c1OC)CCN(CCCN)C2=O. The van der Waals surface area contributed by atoms with Crippen LogP contribution < -0.4 is 15.2 Å². The molecule has 0 atom stereocenters. The molecule has 5 nitrogen and oxygen atoms in total. The highest BCUT2D eigenvalue weighted by molar-refractivity contribution is 5.97. The van der Waals surface area contributed by atoms with Crippen LogP contribution in [0.3, 0.4) is 0 Å². The zero-order chi connectivity index (χ0) is 13.8. The summed E-state index contributed by atoms with van der Waals surface area (Å²) >= 11 is 0. The monoisotopic (exact) mass is 264 g/mol. The molecule has 0 saturated carbocycles. The van der Waals surface area contributed by atoms with Crippen molar-refractivity contribution in [1.82, 2.24) is 4.90 Å². The van der Waals surface area contributed by atoms with E-state index in [4.69, 9.17) is 15.2 Å². The predicted molar refractivity (Wildman–Crippen MR) is 72.8 cm³/mol. The molecule has 1 heterocycles. The maximum atomic E-state index is 12.4. The lowest BCUT2D eigenvalue weighted by Gasteiger charge is -2.29. The van der Waals surface area contributed by atoms with E-state index >= 15 is 0 Å². The van der Waals surface area contributed by atoms with Crippen molar-refractivity contribution in [2.45, 2.75) is 12.8 Å². The Morgan fingerprint density at radius 1 is 1.32 bits per heavy atom. The second-order valence-corrected chi connectivity index (χ2v) is 4.51. The lowest BCUT2D eigenvalue weighted by atomic mass is 9.97. The minimum absolute atomic E-state index is 0.0515. The molecular weight excluding hydrogens is 244 g/mol. The van der Waals surface area contributed by atoms with E-state index in [-0.39, 0.29) is 5.91 Å². The van der Waals surface area contributed by atoms with Crippen LogP contribution in [0.4, 0.5) is 0 Å². The van der Waals surface area contributed by atoms with E-state index in [2.05, 4.69) is 0 Å². The molecule has 0 saturated heterocycles. The molecule has 2 rings (SSSR count). The summed E-state index contributed by atoms with van der Waals surface area (Å²) in [6.07, 6.45) is 1.61. The molecule has 0 aliphatic carbocycles. The zero-order valence-electron chi connectivity index (χ0n) is 11.4. The van der Waals surface area contributed by atoms with E-state index in [1.807, 2.05) is 11.0 Å². The van der Waals surface area contributed by atoms with E-state index in [1.165, 1.54) is 0 Å². The van der Waals surface area contributed by atoms with Gasteiger partial charge < -0.3 is 20.1 Å². The third kappa shape index (κ3) is 2.51. The van der Waals surface area contributed by atoms with Crippen molar-refractivity contribution >= 4 is 5.91 Å². The molecule has 1 aromatic carbocycles. The molecule has 0 fully saturated rings. The van der Waals surface area contributed by atoms with Crippen LogP contribution in [0, 0.1) is 0 Å². The van der Waals surface area contributed by atoms with Gasteiger partial charge in [-0.1, -0.05) is 0 Å². The summed E-state index contributed by atoms with van der Waals surface area (Å²) < 4.78 is 10.6. The van der Waals surface area contributed by atoms with Crippen LogP contribution in [-0.4, -0.2) is 44.7 Å². The van der Waals surface area contributed by atoms with Gasteiger partial charge in [0, 0.05) is 24.2 Å². The Labute approximate surface area is 113 Å². The topological polar surface area (TPSA) is 64.8 Å². The van der Waals surface area contributed by atoms with Gasteiger partial charge >= 0.3 is 0 Å². The maximum absolute atomic E-state index is 12.4. The summed E-state index contributed by atoms with van der Waals surface area (Å²) in [5.74, 6) is 1.40. The number of amides is 1. The Kier molecular flexibility index (Phi) is 4.27. The summed E-state index contributed by atoms with van der Waals surface area (Å²) in [5, 5.41) is 0. The number of ether oxygens (including phenoxy) is 2. The van der Waals surface area contributed by atoms with Gasteiger partial charge in [-0.05, 0) is 31.5 Å². The second kappa shape index (κ2) is 5.93. The first-order valence-electron chi connectivity index (χ1n) is 6.46. The van der Waals surface area contributed by atoms with Gasteiger partial charge in [-0.2, -0.15) is 0 Å². The number of carbonyl (C=O) groups excluding carboxylic acids is 1. The van der Waals surface area contributed by atoms with E-state index < -0.39 is 0 Å². The van der Waals surface area contributed by atoms with Crippen molar-refractivity contribution in [2.24, 2.45) is 5.73 Å². The minimum atomic E-state index is 0.0515. The van der Waals surface area contributed by atoms with Crippen LogP contribution in [0.1, 0.15) is 22.3 Å². The average molecular weight is 264 g/mol. The molecule has 0 aromatic heterocycles. The highest BCUT2D eigenvalue weighted by atomic mass is 16.5. The van der Waals surface area contributed by atoms with Crippen molar-refractivity contribution in [1.29, 1.82) is 0 Å². The summed E-state index contributed by atoms with van der Waals surface area (Å²) in [4.78, 5) is 14.2. The van der Waals surface area contributed by atoms with Crippen molar-refractivity contribution < 1.29 is 14.3 Å². The third-order valence-corrected chi connectivity index (χ3v) is 3.43. The van der Waals surface area contributed by atoms with Gasteiger partial charge in [-0.25, -0.2) is 0 Å². The highest BCUT2D eigenvalue weighted by Crippen LogP contribution is 2.36. The highest BCUT2D eigenvalue weighted by Gasteiger charge is 2.27. The van der Waals surface area contributed by atoms with Crippen molar-refractivity contribution in [3.63, 3.8) is 0 Å². The number of carbonyl (C=O) groups is 1. The first kappa shape index (κ1) is 13.7. The Hall–Kier alpha value is -1.75. The molecule has 0 radical (unpaired) electrons.